The van der Waals surface area contributed by atoms with Crippen LogP contribution in [0, 0.1) is 0 Å². The van der Waals surface area contributed by atoms with Gasteiger partial charge in [0, 0.05) is 15.5 Å². The first kappa shape index (κ1) is 30.6. The highest BCUT2D eigenvalue weighted by Gasteiger charge is 2.35. The summed E-state index contributed by atoms with van der Waals surface area (Å²) in [6.07, 6.45) is 1.81. The highest BCUT2D eigenvalue weighted by Crippen LogP contribution is 2.37. The van der Waals surface area contributed by atoms with Gasteiger partial charge < -0.3 is 14.2 Å². The maximum absolute atomic E-state index is 14.1. The molecule has 0 fully saturated rings. The molecule has 0 amide bonds. The summed E-state index contributed by atoms with van der Waals surface area (Å²) >= 11 is 8.88. The summed E-state index contributed by atoms with van der Waals surface area (Å²) < 4.78 is 19.6. The molecule has 2 aromatic heterocycles. The zero-order valence-corrected chi connectivity index (χ0v) is 27.0. The molecular weight excluding hydrogens is 628 g/mol. The third-order valence-corrected chi connectivity index (χ3v) is 9.18. The number of carbonyl (C=O) groups is 1. The molecule has 3 aromatic carbocycles. The van der Waals surface area contributed by atoms with Crippen molar-refractivity contribution in [3.8, 4) is 11.5 Å². The number of rotatable bonds is 10. The Morgan fingerprint density at radius 3 is 2.53 bits per heavy atom. The van der Waals surface area contributed by atoms with E-state index in [-0.39, 0.29) is 12.2 Å². The zero-order valence-electron chi connectivity index (χ0n) is 24.6. The summed E-state index contributed by atoms with van der Waals surface area (Å²) in [6, 6.07) is 25.7. The molecule has 0 spiro atoms. The van der Waals surface area contributed by atoms with Gasteiger partial charge in [-0.3, -0.25) is 9.36 Å². The van der Waals surface area contributed by atoms with Crippen molar-refractivity contribution < 1.29 is 19.0 Å². The fourth-order valence-corrected chi connectivity index (χ4v) is 7.13. The van der Waals surface area contributed by atoms with Gasteiger partial charge in [0.2, 0.25) is 0 Å². The lowest BCUT2D eigenvalue weighted by Gasteiger charge is -2.24. The predicted molar refractivity (Wildman–Crippen MR) is 179 cm³/mol. The minimum atomic E-state index is -0.682. The van der Waals surface area contributed by atoms with Gasteiger partial charge in [0.25, 0.3) is 5.56 Å². The number of thiazole rings is 1. The van der Waals surface area contributed by atoms with Crippen LogP contribution in [-0.4, -0.2) is 23.8 Å². The Hall–Kier alpha value is -4.44. The van der Waals surface area contributed by atoms with Gasteiger partial charge in [-0.25, -0.2) is 9.79 Å². The minimum absolute atomic E-state index is 0.201. The normalized spacial score (nSPS) is 14.6. The van der Waals surface area contributed by atoms with Gasteiger partial charge in [0.05, 0.1) is 29.0 Å². The molecule has 1 aliphatic rings. The Balaban J connectivity index is 1.45. The van der Waals surface area contributed by atoms with Crippen molar-refractivity contribution in [2.24, 2.45) is 4.99 Å². The first-order chi connectivity index (χ1) is 22.0. The number of ether oxygens (including phenoxy) is 3. The number of fused-ring (bicyclic) bond motifs is 1. The van der Waals surface area contributed by atoms with E-state index in [0.29, 0.717) is 50.3 Å². The summed E-state index contributed by atoms with van der Waals surface area (Å²) in [5.41, 5.74) is 3.07. The van der Waals surface area contributed by atoms with Gasteiger partial charge in [-0.15, -0.1) is 11.3 Å². The van der Waals surface area contributed by atoms with E-state index in [1.807, 2.05) is 103 Å². The molecule has 0 N–H and O–H groups in total. The molecule has 228 valence electrons. The van der Waals surface area contributed by atoms with Crippen LogP contribution in [0.25, 0.3) is 11.8 Å². The summed E-state index contributed by atoms with van der Waals surface area (Å²) in [5, 5.41) is 2.58. The van der Waals surface area contributed by atoms with Gasteiger partial charge in [0.15, 0.2) is 16.3 Å². The molecule has 0 aliphatic carbocycles. The van der Waals surface area contributed by atoms with Crippen molar-refractivity contribution in [2.45, 2.75) is 26.5 Å². The van der Waals surface area contributed by atoms with Crippen LogP contribution in [-0.2, 0) is 16.1 Å². The first-order valence-corrected chi connectivity index (χ1v) is 16.5. The van der Waals surface area contributed by atoms with Crippen LogP contribution in [0.4, 0.5) is 0 Å². The van der Waals surface area contributed by atoms with Crippen molar-refractivity contribution in [3.05, 3.63) is 142 Å². The van der Waals surface area contributed by atoms with Crippen LogP contribution in [0.5, 0.6) is 11.5 Å². The van der Waals surface area contributed by atoms with E-state index >= 15 is 0 Å². The number of carbonyl (C=O) groups excluding carboxylic acids is 1. The fraction of sp³-hybridized carbons (Fsp3) is 0.171. The SMILES string of the molecule is CCOC(=O)C1=C(c2ccccc2)N=c2s/c(=C\c3ccc(OCc4cccc(Cl)c4)c(OCC)c3)c(=O)n2[C@H]1c1cccs1. The van der Waals surface area contributed by atoms with Crippen LogP contribution in [0.1, 0.15) is 41.5 Å². The highest BCUT2D eigenvalue weighted by molar-refractivity contribution is 7.10. The Morgan fingerprint density at radius 1 is 0.956 bits per heavy atom. The number of hydrogen-bond acceptors (Lipinski definition) is 8. The molecule has 3 heterocycles. The topological polar surface area (TPSA) is 79.1 Å². The molecule has 0 saturated heterocycles. The Morgan fingerprint density at radius 2 is 1.80 bits per heavy atom. The lowest BCUT2D eigenvalue weighted by molar-refractivity contribution is -0.138. The molecule has 6 rings (SSSR count). The Kier molecular flexibility index (Phi) is 9.30. The largest absolute Gasteiger partial charge is 0.490 e. The maximum Gasteiger partial charge on any atom is 0.338 e. The number of benzene rings is 3. The Labute approximate surface area is 272 Å². The van der Waals surface area contributed by atoms with Crippen LogP contribution in [0.15, 0.2) is 106 Å². The van der Waals surface area contributed by atoms with Gasteiger partial charge in [-0.2, -0.15) is 0 Å². The predicted octanol–water partition coefficient (Wildman–Crippen LogP) is 6.63. The molecule has 7 nitrogen and oxygen atoms in total. The molecule has 10 heteroatoms. The van der Waals surface area contributed by atoms with E-state index in [9.17, 15) is 9.59 Å². The fourth-order valence-electron chi connectivity index (χ4n) is 5.10. The van der Waals surface area contributed by atoms with Crippen molar-refractivity contribution in [3.63, 3.8) is 0 Å². The van der Waals surface area contributed by atoms with E-state index in [4.69, 9.17) is 30.8 Å². The lowest BCUT2D eigenvalue weighted by atomic mass is 9.97. The van der Waals surface area contributed by atoms with Crippen LogP contribution < -0.4 is 24.4 Å². The van der Waals surface area contributed by atoms with E-state index in [2.05, 4.69) is 0 Å². The second-order valence-electron chi connectivity index (χ2n) is 10.0. The number of aromatic nitrogens is 1. The number of esters is 1. The summed E-state index contributed by atoms with van der Waals surface area (Å²) in [5.74, 6) is 0.649. The van der Waals surface area contributed by atoms with E-state index in [0.717, 1.165) is 21.6 Å². The number of hydrogen-bond donors (Lipinski definition) is 0. The third-order valence-electron chi connectivity index (χ3n) is 7.04. The second kappa shape index (κ2) is 13.7. The molecule has 45 heavy (non-hydrogen) atoms. The van der Waals surface area contributed by atoms with Gasteiger partial charge in [-0.1, -0.05) is 77.5 Å². The van der Waals surface area contributed by atoms with Crippen molar-refractivity contribution in [1.82, 2.24) is 4.57 Å². The van der Waals surface area contributed by atoms with Gasteiger partial charge in [0.1, 0.15) is 12.6 Å². The third kappa shape index (κ3) is 6.51. The quantitative estimate of drug-likeness (QED) is 0.158. The Bertz CT molecular complexity index is 2050. The molecule has 0 saturated carbocycles. The van der Waals surface area contributed by atoms with E-state index in [1.54, 1.807) is 11.5 Å². The minimum Gasteiger partial charge on any atom is -0.490 e. The summed E-state index contributed by atoms with van der Waals surface area (Å²) in [4.78, 5) is 33.9. The summed E-state index contributed by atoms with van der Waals surface area (Å²) in [7, 11) is 0. The molecule has 1 aliphatic heterocycles. The van der Waals surface area contributed by atoms with Crippen molar-refractivity contribution in [2.75, 3.05) is 13.2 Å². The molecular formula is C35H29ClN2O5S2. The van der Waals surface area contributed by atoms with E-state index < -0.39 is 12.0 Å². The van der Waals surface area contributed by atoms with Crippen molar-refractivity contribution in [1.29, 1.82) is 0 Å². The highest BCUT2D eigenvalue weighted by atomic mass is 35.5. The first-order valence-electron chi connectivity index (χ1n) is 14.4. The number of thiophene rings is 1. The molecule has 0 radical (unpaired) electrons. The summed E-state index contributed by atoms with van der Waals surface area (Å²) in [6.45, 7) is 4.64. The van der Waals surface area contributed by atoms with E-state index in [1.165, 1.54) is 22.7 Å². The molecule has 1 atom stereocenters. The number of nitrogens with zero attached hydrogens (tertiary/aromatic N) is 2. The zero-order chi connectivity index (χ0) is 31.3. The monoisotopic (exact) mass is 656 g/mol. The average Bonchev–Trinajstić information content (AvgIpc) is 3.69. The average molecular weight is 657 g/mol. The van der Waals surface area contributed by atoms with Crippen LogP contribution in [0.3, 0.4) is 0 Å². The van der Waals surface area contributed by atoms with Crippen LogP contribution >= 0.6 is 34.3 Å². The van der Waals surface area contributed by atoms with Gasteiger partial charge >= 0.3 is 5.97 Å². The second-order valence-corrected chi connectivity index (χ2v) is 12.4. The van der Waals surface area contributed by atoms with Crippen LogP contribution in [0.2, 0.25) is 5.02 Å². The standard InChI is InChI=1S/C35H29ClN2O5S2/c1-3-41-27-19-22(15-16-26(27)43-21-23-10-8-13-25(36)18-23)20-29-33(39)38-32(28-14-9-17-44-28)30(34(40)42-4-2)31(37-35(38)45-29)24-11-6-5-7-12-24/h5-20,32H,3-4,21H2,1-2H3/b29-20-/t32-/m0/s1. The maximum atomic E-state index is 14.1. The number of halogens is 1. The lowest BCUT2D eigenvalue weighted by Crippen LogP contribution is -2.39. The smallest absolute Gasteiger partial charge is 0.338 e. The molecule has 0 unspecified atom stereocenters. The molecule has 0 bridgehead atoms. The van der Waals surface area contributed by atoms with Gasteiger partial charge in [-0.05, 0) is 66.8 Å². The molecule has 5 aromatic rings. The van der Waals surface area contributed by atoms with Crippen molar-refractivity contribution >= 4 is 52.0 Å².